The molecule has 0 aromatic heterocycles. The fourth-order valence-electron chi connectivity index (χ4n) is 4.58. The predicted molar refractivity (Wildman–Crippen MR) is 99.7 cm³/mol. The Hall–Kier alpha value is -0.0969. The summed E-state index contributed by atoms with van der Waals surface area (Å²) in [6.07, 6.45) is 5.46. The van der Waals surface area contributed by atoms with E-state index in [-0.39, 0.29) is 6.75 Å². The van der Waals surface area contributed by atoms with Crippen LogP contribution < -0.4 is 0 Å². The normalized spacial score (nSPS) is 23.0. The summed E-state index contributed by atoms with van der Waals surface area (Å²) >= 11 is -3.63. The van der Waals surface area contributed by atoms with Gasteiger partial charge in [-0.15, -0.1) is 0 Å². The minimum absolute atomic E-state index is 0.0988. The van der Waals surface area contributed by atoms with E-state index in [0.29, 0.717) is 0 Å². The molecule has 1 aromatic rings. The monoisotopic (exact) mass is 424 g/mol. The van der Waals surface area contributed by atoms with E-state index in [4.69, 9.17) is 17.0 Å². The molecule has 0 aliphatic heterocycles. The van der Waals surface area contributed by atoms with Crippen molar-refractivity contribution in [3.63, 3.8) is 0 Å². The molecule has 0 bridgehead atoms. The van der Waals surface area contributed by atoms with E-state index in [1.807, 2.05) is 0 Å². The van der Waals surface area contributed by atoms with Crippen molar-refractivity contribution in [2.45, 2.75) is 47.8 Å². The van der Waals surface area contributed by atoms with Gasteiger partial charge in [-0.3, -0.25) is 0 Å². The van der Waals surface area contributed by atoms with Crippen LogP contribution in [0.2, 0.25) is 3.12 Å². The number of rotatable bonds is 3. The van der Waals surface area contributed by atoms with Gasteiger partial charge in [0.2, 0.25) is 0 Å². The average Bonchev–Trinajstić information content (AvgIpc) is 3.04. The summed E-state index contributed by atoms with van der Waals surface area (Å²) in [5.41, 5.74) is 8.20. The second-order valence-corrected chi connectivity index (χ2v) is 21.7. The molecule has 3 rings (SSSR count). The summed E-state index contributed by atoms with van der Waals surface area (Å²) in [5, 5.41) is 0. The molecule has 122 valence electrons. The van der Waals surface area contributed by atoms with Crippen molar-refractivity contribution in [1.82, 2.24) is 0 Å². The fraction of sp³-hybridized carbons (Fsp3) is 0.400. The molecule has 2 aliphatic rings. The van der Waals surface area contributed by atoms with Crippen LogP contribution in [-0.2, 0) is 17.9 Å². The Balaban J connectivity index is 2.19. The van der Waals surface area contributed by atoms with Crippen molar-refractivity contribution in [1.29, 1.82) is 0 Å². The van der Waals surface area contributed by atoms with E-state index >= 15 is 0 Å². The van der Waals surface area contributed by atoms with Crippen molar-refractivity contribution in [2.75, 3.05) is 0 Å². The van der Waals surface area contributed by atoms with Crippen LogP contribution in [0.15, 0.2) is 52.6 Å². The summed E-state index contributed by atoms with van der Waals surface area (Å²) in [7, 11) is 14.8. The zero-order valence-electron chi connectivity index (χ0n) is 14.5. The van der Waals surface area contributed by atoms with Crippen LogP contribution in [-0.4, -0.2) is 0 Å². The van der Waals surface area contributed by atoms with Crippen molar-refractivity contribution in [3.8, 4) is 0 Å². The van der Waals surface area contributed by atoms with E-state index in [1.165, 1.54) is 33.4 Å². The molecule has 0 heterocycles. The van der Waals surface area contributed by atoms with Gasteiger partial charge in [-0.1, -0.05) is 0 Å². The van der Waals surface area contributed by atoms with Crippen molar-refractivity contribution in [3.05, 3.63) is 63.8 Å². The van der Waals surface area contributed by atoms with Gasteiger partial charge in [-0.05, 0) is 0 Å². The van der Waals surface area contributed by atoms with Gasteiger partial charge < -0.3 is 0 Å². The van der Waals surface area contributed by atoms with Gasteiger partial charge in [-0.2, -0.15) is 0 Å². The first-order chi connectivity index (χ1) is 10.8. The molecule has 2 aliphatic carbocycles. The van der Waals surface area contributed by atoms with Crippen LogP contribution in [0.25, 0.3) is 6.08 Å². The number of hydrogen-bond acceptors (Lipinski definition) is 0. The average molecular weight is 427 g/mol. The van der Waals surface area contributed by atoms with Gasteiger partial charge in [0.1, 0.15) is 0 Å². The molecule has 0 radical (unpaired) electrons. The zero-order valence-corrected chi connectivity index (χ0v) is 18.5. The third-order valence-electron chi connectivity index (χ3n) is 6.26. The number of fused-ring (bicyclic) bond motifs is 1. The Morgan fingerprint density at radius 2 is 1.57 bits per heavy atom. The Bertz CT molecular complexity index is 729. The standard InChI is InChI=1S/C11H17.C9H7.2ClH.Zr/c1-6-11-9(4)7(2)8(3)10(11)5;1-2-5-9-7-3-6-8(9)4-1;;;/h6H2,1-5H3;1-7H;2*1H;/q;;;;+2/p-2. The predicted octanol–water partition coefficient (Wildman–Crippen LogP) is 7.47. The van der Waals surface area contributed by atoms with E-state index in [0.717, 1.165) is 6.42 Å². The van der Waals surface area contributed by atoms with Crippen LogP contribution >= 0.6 is 17.0 Å². The zero-order chi connectivity index (χ0) is 17.0. The van der Waals surface area contributed by atoms with Gasteiger partial charge >= 0.3 is 153 Å². The van der Waals surface area contributed by atoms with Crippen molar-refractivity contribution >= 4 is 23.1 Å². The maximum absolute atomic E-state index is 7.41. The number of hydrogen-bond donors (Lipinski definition) is 0. The van der Waals surface area contributed by atoms with Gasteiger partial charge in [0, 0.05) is 0 Å². The van der Waals surface area contributed by atoms with E-state index in [1.54, 1.807) is 0 Å². The molecule has 0 spiro atoms. The van der Waals surface area contributed by atoms with Crippen LogP contribution in [0.1, 0.15) is 55.8 Å². The molecule has 3 heteroatoms. The van der Waals surface area contributed by atoms with E-state index in [9.17, 15) is 0 Å². The molecule has 0 saturated carbocycles. The van der Waals surface area contributed by atoms with Crippen LogP contribution in [0.3, 0.4) is 0 Å². The minimum atomic E-state index is -3.63. The maximum atomic E-state index is 7.41. The van der Waals surface area contributed by atoms with Crippen LogP contribution in [0, 0.1) is 0 Å². The van der Waals surface area contributed by atoms with Crippen molar-refractivity contribution in [2.24, 2.45) is 0 Å². The summed E-state index contributed by atoms with van der Waals surface area (Å²) in [6, 6.07) is 8.55. The summed E-state index contributed by atoms with van der Waals surface area (Å²) < 4.78 is 0.116. The Morgan fingerprint density at radius 3 is 2.13 bits per heavy atom. The first kappa shape index (κ1) is 17.7. The summed E-state index contributed by atoms with van der Waals surface area (Å²) in [6.45, 7) is 11.2. The van der Waals surface area contributed by atoms with Crippen LogP contribution in [0.5, 0.6) is 0 Å². The molecule has 23 heavy (non-hydrogen) atoms. The number of halogens is 2. The Morgan fingerprint density at radius 1 is 1.00 bits per heavy atom. The first-order valence-electron chi connectivity index (χ1n) is 8.30. The Labute approximate surface area is 151 Å². The third kappa shape index (κ3) is 2.26. The van der Waals surface area contributed by atoms with E-state index in [2.05, 4.69) is 71.0 Å². The molecule has 0 N–H and O–H groups in total. The second-order valence-electron chi connectivity index (χ2n) is 6.85. The van der Waals surface area contributed by atoms with Gasteiger partial charge in [0.05, 0.1) is 0 Å². The molecular weight excluding hydrogens is 402 g/mol. The van der Waals surface area contributed by atoms with E-state index < -0.39 is 17.9 Å². The topological polar surface area (TPSA) is 0 Å². The molecule has 1 aromatic carbocycles. The molecule has 1 unspecified atom stereocenters. The fourth-order valence-corrected chi connectivity index (χ4v) is 20.0. The van der Waals surface area contributed by atoms with Gasteiger partial charge in [-0.25, -0.2) is 0 Å². The molecule has 0 amide bonds. The summed E-state index contributed by atoms with van der Waals surface area (Å²) in [5.74, 6) is 0. The number of benzene rings is 1. The molecule has 0 saturated heterocycles. The van der Waals surface area contributed by atoms with Crippen LogP contribution in [0.4, 0.5) is 0 Å². The summed E-state index contributed by atoms with van der Waals surface area (Å²) in [4.78, 5) is 0. The SMILES string of the molecule is CC[C]1([Zr]([Cl])([Cl])[CH]2C=Cc3ccccc32)C(C)=C(C)C(C)=C1C. The quantitative estimate of drug-likeness (QED) is 0.470. The number of allylic oxidation sites excluding steroid dienone is 5. The van der Waals surface area contributed by atoms with Crippen molar-refractivity contribution < 1.29 is 17.9 Å². The molecular formula is C20H24Cl2Zr. The van der Waals surface area contributed by atoms with Gasteiger partial charge in [0.25, 0.3) is 0 Å². The Kier molecular flexibility index (Phi) is 4.63. The third-order valence-corrected chi connectivity index (χ3v) is 21.5. The second kappa shape index (κ2) is 6.01. The van der Waals surface area contributed by atoms with Gasteiger partial charge in [0.15, 0.2) is 0 Å². The molecule has 0 fully saturated rings. The molecule has 1 atom stereocenters. The first-order valence-corrected chi connectivity index (χ1v) is 17.3. The molecule has 0 nitrogen and oxygen atoms in total.